The molecule has 1 aromatic heterocycles. The Kier molecular flexibility index (Phi) is 7.59. The van der Waals surface area contributed by atoms with Gasteiger partial charge in [0.2, 0.25) is 15.8 Å². The molecule has 0 radical (unpaired) electrons. The summed E-state index contributed by atoms with van der Waals surface area (Å²) < 4.78 is 105. The average Bonchev–Trinajstić information content (AvgIpc) is 3.43. The number of carbonyl (C=O) groups is 1. The number of halogens is 5. The van der Waals surface area contributed by atoms with E-state index in [4.69, 9.17) is 5.11 Å². The molecule has 16 heteroatoms. The van der Waals surface area contributed by atoms with Crippen molar-refractivity contribution in [1.29, 1.82) is 0 Å². The molecule has 1 atom stereocenters. The minimum atomic E-state index is -4.91. The second kappa shape index (κ2) is 10.7. The maximum absolute atomic E-state index is 14.0. The number of aromatic nitrogens is 2. The van der Waals surface area contributed by atoms with Gasteiger partial charge in [0.25, 0.3) is 5.91 Å². The van der Waals surface area contributed by atoms with Crippen LogP contribution in [0.2, 0.25) is 0 Å². The van der Waals surface area contributed by atoms with Crippen LogP contribution in [-0.2, 0) is 22.7 Å². The molecule has 2 aliphatic rings. The monoisotopic (exact) mass is 604 g/mol. The van der Waals surface area contributed by atoms with Gasteiger partial charge < -0.3 is 24.5 Å². The number of amides is 1. The summed E-state index contributed by atoms with van der Waals surface area (Å²) in [5.74, 6) is -3.09. The highest BCUT2D eigenvalue weighted by molar-refractivity contribution is 7.89. The number of hydrogen-bond donors (Lipinski definition) is 2. The van der Waals surface area contributed by atoms with Gasteiger partial charge in [-0.05, 0) is 37.1 Å². The van der Waals surface area contributed by atoms with Crippen molar-refractivity contribution >= 4 is 27.0 Å². The summed E-state index contributed by atoms with van der Waals surface area (Å²) in [5.41, 5.74) is -0.177. The molecule has 3 aromatic rings. The summed E-state index contributed by atoms with van der Waals surface area (Å²) in [7, 11) is -3.72. The number of imidazole rings is 1. The summed E-state index contributed by atoms with van der Waals surface area (Å²) in [5, 5.41) is 11.7. The van der Waals surface area contributed by atoms with Crippen molar-refractivity contribution < 1.29 is 49.7 Å². The molecule has 0 aliphatic carbocycles. The maximum atomic E-state index is 14.0. The predicted molar refractivity (Wildman–Crippen MR) is 134 cm³/mol. The predicted octanol–water partition coefficient (Wildman–Crippen LogP) is 3.33. The van der Waals surface area contributed by atoms with Gasteiger partial charge in [0.1, 0.15) is 0 Å². The number of aliphatic hydroxyl groups excluding tert-OH is 1. The number of nitrogens with one attached hydrogen (secondary N) is 1. The van der Waals surface area contributed by atoms with E-state index in [0.29, 0.717) is 12.8 Å². The highest BCUT2D eigenvalue weighted by Gasteiger charge is 2.45. The van der Waals surface area contributed by atoms with Crippen LogP contribution < -0.4 is 14.8 Å². The fourth-order valence-corrected chi connectivity index (χ4v) is 6.56. The molecule has 1 unspecified atom stereocenters. The fraction of sp³-hybridized carbons (Fsp3) is 0.440. The molecule has 5 rings (SSSR count). The lowest BCUT2D eigenvalue weighted by Gasteiger charge is -2.34. The van der Waals surface area contributed by atoms with Crippen molar-refractivity contribution in [1.82, 2.24) is 19.2 Å². The first-order valence-electron chi connectivity index (χ1n) is 12.6. The maximum Gasteiger partial charge on any atom is 0.586 e. The highest BCUT2D eigenvalue weighted by Crippen LogP contribution is 2.44. The molecule has 1 saturated heterocycles. The molecule has 0 saturated carbocycles. The van der Waals surface area contributed by atoms with Crippen LogP contribution in [0.5, 0.6) is 11.5 Å². The number of alkyl halides is 5. The Morgan fingerprint density at radius 1 is 1.17 bits per heavy atom. The minimum absolute atomic E-state index is 0.000481. The van der Waals surface area contributed by atoms with Gasteiger partial charge in [-0.3, -0.25) is 4.79 Å². The largest absolute Gasteiger partial charge is 0.586 e. The second-order valence-corrected chi connectivity index (χ2v) is 11.7. The number of fused-ring (bicyclic) bond motifs is 2. The van der Waals surface area contributed by atoms with E-state index in [2.05, 4.69) is 19.8 Å². The third kappa shape index (κ3) is 5.94. The van der Waals surface area contributed by atoms with Crippen molar-refractivity contribution in [3.05, 3.63) is 53.3 Å². The van der Waals surface area contributed by atoms with Crippen LogP contribution in [-0.4, -0.2) is 71.1 Å². The Morgan fingerprint density at radius 2 is 1.95 bits per heavy atom. The van der Waals surface area contributed by atoms with Crippen LogP contribution in [0.4, 0.5) is 22.0 Å². The molecular weight excluding hydrogens is 579 g/mol. The molecule has 0 bridgehead atoms. The third-order valence-corrected chi connectivity index (χ3v) is 8.77. The Bertz CT molecular complexity index is 1580. The molecule has 1 amide bonds. The second-order valence-electron chi connectivity index (χ2n) is 9.64. The first-order chi connectivity index (χ1) is 19.3. The Balaban J connectivity index is 1.40. The number of ether oxygens (including phenoxy) is 2. The molecule has 2 aromatic carbocycles. The topological polar surface area (TPSA) is 123 Å². The van der Waals surface area contributed by atoms with Crippen LogP contribution in [0, 0.1) is 0 Å². The van der Waals surface area contributed by atoms with Crippen LogP contribution in [0.3, 0.4) is 0 Å². The standard InChI is InChI=1S/C25H25F5N4O6S/c26-24(27,28)23-32-18-12-15(22(36)31-13-17-5-1-2-9-34(17)41(37,38)11-10-35)7-8-19(18)33(23)14-16-4-3-6-20-21(16)40-25(29,30)39-20/h3-4,6-8,12,17,35H,1-2,5,9-11,13-14H2,(H,31,36). The molecule has 2 aliphatic heterocycles. The van der Waals surface area contributed by atoms with E-state index in [1.165, 1.54) is 40.7 Å². The van der Waals surface area contributed by atoms with Gasteiger partial charge in [-0.2, -0.15) is 17.5 Å². The Hall–Kier alpha value is -3.50. The smallest absolute Gasteiger partial charge is 0.395 e. The number of nitrogens with zero attached hydrogens (tertiary/aromatic N) is 3. The number of benzene rings is 2. The fourth-order valence-electron chi connectivity index (χ4n) is 5.06. The van der Waals surface area contributed by atoms with Crippen molar-refractivity contribution in [2.24, 2.45) is 0 Å². The molecule has 3 heterocycles. The lowest BCUT2D eigenvalue weighted by molar-refractivity contribution is -0.287. The van der Waals surface area contributed by atoms with Gasteiger partial charge in [-0.15, -0.1) is 8.78 Å². The van der Waals surface area contributed by atoms with Crippen molar-refractivity contribution in [2.45, 2.75) is 44.3 Å². The van der Waals surface area contributed by atoms with Gasteiger partial charge in [-0.25, -0.2) is 13.4 Å². The first-order valence-corrected chi connectivity index (χ1v) is 14.2. The summed E-state index contributed by atoms with van der Waals surface area (Å²) in [6.45, 7) is -0.842. The third-order valence-electron chi connectivity index (χ3n) is 6.88. The van der Waals surface area contributed by atoms with Gasteiger partial charge >= 0.3 is 12.5 Å². The van der Waals surface area contributed by atoms with E-state index in [1.807, 2.05) is 0 Å². The van der Waals surface area contributed by atoms with Crippen molar-refractivity contribution in [2.75, 3.05) is 25.4 Å². The van der Waals surface area contributed by atoms with E-state index in [9.17, 15) is 35.2 Å². The van der Waals surface area contributed by atoms with Gasteiger partial charge in [0.15, 0.2) is 11.5 Å². The molecule has 1 fully saturated rings. The number of sulfonamides is 1. The number of piperidine rings is 1. The quantitative estimate of drug-likeness (QED) is 0.378. The average molecular weight is 605 g/mol. The minimum Gasteiger partial charge on any atom is -0.395 e. The lowest BCUT2D eigenvalue weighted by atomic mass is 10.0. The van der Waals surface area contributed by atoms with Crippen LogP contribution >= 0.6 is 0 Å². The zero-order valence-corrected chi connectivity index (χ0v) is 22.1. The molecule has 10 nitrogen and oxygen atoms in total. The van der Waals surface area contributed by atoms with E-state index < -0.39 is 59.2 Å². The van der Waals surface area contributed by atoms with E-state index in [-0.39, 0.29) is 46.7 Å². The lowest BCUT2D eigenvalue weighted by Crippen LogP contribution is -2.50. The Morgan fingerprint density at radius 3 is 2.68 bits per heavy atom. The number of aliphatic hydroxyl groups is 1. The summed E-state index contributed by atoms with van der Waals surface area (Å²) in [6.07, 6.45) is -6.99. The summed E-state index contributed by atoms with van der Waals surface area (Å²) in [4.78, 5) is 16.6. The first kappa shape index (κ1) is 29.0. The summed E-state index contributed by atoms with van der Waals surface area (Å²) in [6, 6.07) is 7.07. The molecule has 0 spiro atoms. The van der Waals surface area contributed by atoms with Gasteiger partial charge in [0, 0.05) is 30.3 Å². The number of carbonyl (C=O) groups excluding carboxylic acids is 1. The molecule has 222 valence electrons. The molecule has 2 N–H and O–H groups in total. The number of rotatable bonds is 8. The van der Waals surface area contributed by atoms with Gasteiger partial charge in [-0.1, -0.05) is 18.6 Å². The number of hydrogen-bond acceptors (Lipinski definition) is 7. The van der Waals surface area contributed by atoms with Crippen LogP contribution in [0.15, 0.2) is 36.4 Å². The van der Waals surface area contributed by atoms with Crippen LogP contribution in [0.1, 0.15) is 41.0 Å². The van der Waals surface area contributed by atoms with E-state index in [0.717, 1.165) is 11.0 Å². The normalized spacial score (nSPS) is 19.0. The number of para-hydroxylation sites is 1. The van der Waals surface area contributed by atoms with Crippen LogP contribution in [0.25, 0.3) is 11.0 Å². The van der Waals surface area contributed by atoms with Gasteiger partial charge in [0.05, 0.1) is 29.9 Å². The molecular formula is C25H25F5N4O6S. The SMILES string of the molecule is O=C(NCC1CCCCN1S(=O)(=O)CCO)c1ccc2c(c1)nc(C(F)(F)F)n2Cc1cccc2c1OC(F)(F)O2. The highest BCUT2D eigenvalue weighted by atomic mass is 32.2. The summed E-state index contributed by atoms with van der Waals surface area (Å²) >= 11 is 0. The Labute approximate surface area is 230 Å². The van der Waals surface area contributed by atoms with Crippen molar-refractivity contribution in [3.63, 3.8) is 0 Å². The van der Waals surface area contributed by atoms with E-state index >= 15 is 0 Å². The molecule has 41 heavy (non-hydrogen) atoms. The van der Waals surface area contributed by atoms with Crippen molar-refractivity contribution in [3.8, 4) is 11.5 Å². The van der Waals surface area contributed by atoms with E-state index in [1.54, 1.807) is 0 Å². The zero-order chi connectivity index (χ0) is 29.6. The zero-order valence-electron chi connectivity index (χ0n) is 21.3.